The quantitative estimate of drug-likeness (QED) is 0.590. The summed E-state index contributed by atoms with van der Waals surface area (Å²) in [5.74, 6) is 0.164. The summed E-state index contributed by atoms with van der Waals surface area (Å²) < 4.78 is 26.1. The molecule has 1 atom stereocenters. The zero-order chi connectivity index (χ0) is 12.7. The van der Waals surface area contributed by atoms with Crippen LogP contribution in [0.3, 0.4) is 0 Å². The molecule has 0 fully saturated rings. The molecule has 6 nitrogen and oxygen atoms in total. The van der Waals surface area contributed by atoms with E-state index in [4.69, 9.17) is 0 Å². The van der Waals surface area contributed by atoms with Gasteiger partial charge in [0, 0.05) is 17.8 Å². The van der Waals surface area contributed by atoms with E-state index in [1.54, 1.807) is 19.3 Å². The Kier molecular flexibility index (Phi) is 5.60. The molecule has 0 aliphatic carbocycles. The van der Waals surface area contributed by atoms with Gasteiger partial charge in [0.05, 0.1) is 11.9 Å². The van der Waals surface area contributed by atoms with Crippen LogP contribution in [0.5, 0.6) is 0 Å². The van der Waals surface area contributed by atoms with Gasteiger partial charge < -0.3 is 5.32 Å². The predicted octanol–water partition coefficient (Wildman–Crippen LogP) is 0.390. The molecule has 0 saturated heterocycles. The number of nitrogens with one attached hydrogen (secondary N) is 3. The van der Waals surface area contributed by atoms with E-state index in [1.165, 1.54) is 0 Å². The molecule has 0 spiro atoms. The Bertz CT molecular complexity index is 402. The van der Waals surface area contributed by atoms with Crippen LogP contribution in [0.4, 0.5) is 0 Å². The van der Waals surface area contributed by atoms with E-state index in [2.05, 4.69) is 20.2 Å². The number of hydrogen-bond donors (Lipinski definition) is 3. The second kappa shape index (κ2) is 6.73. The van der Waals surface area contributed by atoms with Crippen LogP contribution in [0, 0.1) is 0 Å². The number of H-pyrrole nitrogens is 1. The lowest BCUT2D eigenvalue weighted by Gasteiger charge is -2.12. The van der Waals surface area contributed by atoms with Crippen molar-refractivity contribution in [2.45, 2.75) is 25.8 Å². The van der Waals surface area contributed by atoms with E-state index >= 15 is 0 Å². The summed E-state index contributed by atoms with van der Waals surface area (Å²) in [4.78, 5) is 0. The Labute approximate surface area is 102 Å². The number of hydrogen-bond acceptors (Lipinski definition) is 4. The molecule has 0 amide bonds. The molecule has 0 aliphatic rings. The summed E-state index contributed by atoms with van der Waals surface area (Å²) in [6.07, 6.45) is 4.83. The van der Waals surface area contributed by atoms with Gasteiger partial charge in [-0.2, -0.15) is 5.10 Å². The molecule has 1 rings (SSSR count). The molecule has 1 unspecified atom stereocenters. The Hall–Kier alpha value is -0.920. The van der Waals surface area contributed by atoms with Crippen LogP contribution in [0.2, 0.25) is 0 Å². The van der Waals surface area contributed by atoms with Gasteiger partial charge in [0.15, 0.2) is 0 Å². The predicted molar refractivity (Wildman–Crippen MR) is 67.1 cm³/mol. The summed E-state index contributed by atoms with van der Waals surface area (Å²) >= 11 is 0. The Balaban J connectivity index is 2.38. The van der Waals surface area contributed by atoms with Crippen LogP contribution >= 0.6 is 0 Å². The van der Waals surface area contributed by atoms with Gasteiger partial charge in [-0.3, -0.25) is 5.10 Å². The zero-order valence-electron chi connectivity index (χ0n) is 10.2. The van der Waals surface area contributed by atoms with Crippen LogP contribution in [0.25, 0.3) is 0 Å². The molecule has 1 aromatic heterocycles. The number of unbranched alkanes of at least 4 members (excludes halogenated alkanes) is 1. The van der Waals surface area contributed by atoms with E-state index in [1.807, 2.05) is 7.05 Å². The van der Waals surface area contributed by atoms with Crippen molar-refractivity contribution in [3.8, 4) is 0 Å². The standard InChI is InChI=1S/C10H20N4O2S/c1-9(10-7-12-13-8-10)14-17(15,16)6-4-3-5-11-2/h7-9,11,14H,3-6H2,1-2H3,(H,12,13). The average Bonchev–Trinajstić information content (AvgIpc) is 2.77. The lowest BCUT2D eigenvalue weighted by atomic mass is 10.2. The third-order valence-electron chi connectivity index (χ3n) is 2.47. The second-order valence-corrected chi connectivity index (χ2v) is 5.87. The Morgan fingerprint density at radius 3 is 2.82 bits per heavy atom. The molecule has 0 saturated carbocycles. The van der Waals surface area contributed by atoms with Crippen molar-refractivity contribution >= 4 is 10.0 Å². The van der Waals surface area contributed by atoms with Crippen LogP contribution < -0.4 is 10.0 Å². The summed E-state index contributed by atoms with van der Waals surface area (Å²) in [5, 5.41) is 9.44. The average molecular weight is 260 g/mol. The largest absolute Gasteiger partial charge is 0.320 e. The van der Waals surface area contributed by atoms with Crippen molar-refractivity contribution in [3.63, 3.8) is 0 Å². The molecule has 3 N–H and O–H groups in total. The number of aromatic nitrogens is 2. The third-order valence-corrected chi connectivity index (χ3v) is 4.00. The fourth-order valence-electron chi connectivity index (χ4n) is 1.49. The van der Waals surface area contributed by atoms with Crippen molar-refractivity contribution < 1.29 is 8.42 Å². The molecule has 7 heteroatoms. The van der Waals surface area contributed by atoms with E-state index in [0.717, 1.165) is 18.5 Å². The Morgan fingerprint density at radius 2 is 2.24 bits per heavy atom. The molecular formula is C10H20N4O2S. The highest BCUT2D eigenvalue weighted by molar-refractivity contribution is 7.89. The minimum Gasteiger partial charge on any atom is -0.320 e. The molecule has 98 valence electrons. The maximum absolute atomic E-state index is 11.7. The number of rotatable bonds is 8. The molecule has 0 aromatic carbocycles. The van der Waals surface area contributed by atoms with Gasteiger partial charge in [-0.1, -0.05) is 0 Å². The summed E-state index contributed by atoms with van der Waals surface area (Å²) in [5.41, 5.74) is 0.837. The van der Waals surface area contributed by atoms with Crippen LogP contribution in [-0.4, -0.2) is 38.0 Å². The first kappa shape index (κ1) is 14.1. The number of nitrogens with zero attached hydrogens (tertiary/aromatic N) is 1. The van der Waals surface area contributed by atoms with Gasteiger partial charge >= 0.3 is 0 Å². The van der Waals surface area contributed by atoms with Gasteiger partial charge in [-0.05, 0) is 33.4 Å². The van der Waals surface area contributed by atoms with Gasteiger partial charge in [-0.25, -0.2) is 13.1 Å². The highest BCUT2D eigenvalue weighted by atomic mass is 32.2. The van der Waals surface area contributed by atoms with Crippen LogP contribution in [0.1, 0.15) is 31.4 Å². The lowest BCUT2D eigenvalue weighted by Crippen LogP contribution is -2.29. The van der Waals surface area contributed by atoms with Crippen LogP contribution in [0.15, 0.2) is 12.4 Å². The molecule has 0 radical (unpaired) electrons. The van der Waals surface area contributed by atoms with Gasteiger partial charge in [0.1, 0.15) is 0 Å². The third kappa shape index (κ3) is 5.29. The lowest BCUT2D eigenvalue weighted by molar-refractivity contribution is 0.562. The SMILES string of the molecule is CNCCCCS(=O)(=O)NC(C)c1cn[nH]c1. The normalized spacial score (nSPS) is 13.8. The summed E-state index contributed by atoms with van der Waals surface area (Å²) in [6, 6.07) is -0.247. The molecular weight excluding hydrogens is 240 g/mol. The molecule has 1 aromatic rings. The fourth-order valence-corrected chi connectivity index (χ4v) is 2.86. The zero-order valence-corrected chi connectivity index (χ0v) is 11.0. The fraction of sp³-hybridized carbons (Fsp3) is 0.700. The van der Waals surface area contributed by atoms with Crippen molar-refractivity contribution in [1.82, 2.24) is 20.2 Å². The van der Waals surface area contributed by atoms with Crippen molar-refractivity contribution in [3.05, 3.63) is 18.0 Å². The van der Waals surface area contributed by atoms with Crippen molar-refractivity contribution in [2.24, 2.45) is 0 Å². The van der Waals surface area contributed by atoms with Crippen molar-refractivity contribution in [1.29, 1.82) is 0 Å². The Morgan fingerprint density at radius 1 is 1.47 bits per heavy atom. The van der Waals surface area contributed by atoms with E-state index in [9.17, 15) is 8.42 Å². The highest BCUT2D eigenvalue weighted by Gasteiger charge is 2.15. The number of aromatic amines is 1. The van der Waals surface area contributed by atoms with E-state index in [-0.39, 0.29) is 11.8 Å². The minimum atomic E-state index is -3.21. The van der Waals surface area contributed by atoms with Gasteiger partial charge in [0.2, 0.25) is 10.0 Å². The van der Waals surface area contributed by atoms with Gasteiger partial charge in [0.25, 0.3) is 0 Å². The highest BCUT2D eigenvalue weighted by Crippen LogP contribution is 2.11. The van der Waals surface area contributed by atoms with Gasteiger partial charge in [-0.15, -0.1) is 0 Å². The summed E-state index contributed by atoms with van der Waals surface area (Å²) in [6.45, 7) is 2.64. The number of sulfonamides is 1. The first-order chi connectivity index (χ1) is 8.05. The van der Waals surface area contributed by atoms with E-state index < -0.39 is 10.0 Å². The smallest absolute Gasteiger partial charge is 0.212 e. The van der Waals surface area contributed by atoms with Crippen molar-refractivity contribution in [2.75, 3.05) is 19.3 Å². The minimum absolute atomic E-state index is 0.164. The first-order valence-electron chi connectivity index (χ1n) is 5.68. The maximum atomic E-state index is 11.7. The second-order valence-electron chi connectivity index (χ2n) is 4.00. The first-order valence-corrected chi connectivity index (χ1v) is 7.33. The van der Waals surface area contributed by atoms with E-state index in [0.29, 0.717) is 6.42 Å². The molecule has 0 bridgehead atoms. The topological polar surface area (TPSA) is 86.9 Å². The monoisotopic (exact) mass is 260 g/mol. The molecule has 1 heterocycles. The summed E-state index contributed by atoms with van der Waals surface area (Å²) in [7, 11) is -1.35. The molecule has 17 heavy (non-hydrogen) atoms. The maximum Gasteiger partial charge on any atom is 0.212 e. The van der Waals surface area contributed by atoms with Crippen LogP contribution in [-0.2, 0) is 10.0 Å². The molecule has 0 aliphatic heterocycles.